The number of nitrogens with one attached hydrogen (secondary N) is 2. The van der Waals surface area contributed by atoms with Crippen molar-refractivity contribution >= 4 is 98.9 Å². The second kappa shape index (κ2) is 35.5. The molecule has 2 heterocycles. The smallest absolute Gasteiger partial charge is 0.265 e. The van der Waals surface area contributed by atoms with E-state index in [-0.39, 0.29) is 48.5 Å². The zero-order valence-corrected chi connectivity index (χ0v) is 60.2. The van der Waals surface area contributed by atoms with Crippen molar-refractivity contribution in [1.29, 1.82) is 0 Å². The molecule has 97 heavy (non-hydrogen) atoms. The number of carbonyl (C=O) groups excluding carboxylic acids is 6. The standard InChI is InChI=1S/C20H21ClN2O3.C20H25ClN2O2.C18H22ClN3O.C18H16ClNO3/c1-13-11-14(7-8-16(13)21)12-23-19(24)15-5-4-6-17(18(15)20(23)25)26-10-9-22(2)3;1-14-7-6-8-18(25-12-11-22(3)4)19(14)20(24)23(5)16-9-10-17(21)15(2)13-16;1-13-12-14(8-9-16(13)19)21-18(23)15-6-4-5-7-17(15)20-10-11-22(2)3;1-3-23-15-6-4-5-13-16(15)18(22)20(17(13)21)10-12-7-8-14(19)11(2)9-12/h4-8,11H,9-10,12H2,1-3H3;6-10,13H,11-12H2,1-5H3;4-9,12,20H,10-11H2,1-3H3,(H,21,23);4-9H,3,10H2,1-2H3. The molecular formula is C76H84Cl4N8O9. The van der Waals surface area contributed by atoms with Gasteiger partial charge in [0, 0.05) is 70.4 Å². The van der Waals surface area contributed by atoms with Crippen LogP contribution in [0.1, 0.15) is 108 Å². The lowest BCUT2D eigenvalue weighted by Gasteiger charge is -2.21. The summed E-state index contributed by atoms with van der Waals surface area (Å²) in [6.07, 6.45) is 0. The topological polar surface area (TPSA) is 174 Å². The van der Waals surface area contributed by atoms with Crippen LogP contribution in [0.25, 0.3) is 0 Å². The second-order valence-electron chi connectivity index (χ2n) is 24.1. The van der Waals surface area contributed by atoms with Gasteiger partial charge in [-0.15, -0.1) is 0 Å². The summed E-state index contributed by atoms with van der Waals surface area (Å²) >= 11 is 24.2. The van der Waals surface area contributed by atoms with E-state index in [1.807, 2.05) is 185 Å². The first kappa shape index (κ1) is 75.6. The first-order valence-corrected chi connectivity index (χ1v) is 33.1. The Balaban J connectivity index is 0.000000183. The summed E-state index contributed by atoms with van der Waals surface area (Å²) in [5, 5.41) is 8.92. The van der Waals surface area contributed by atoms with Crippen molar-refractivity contribution < 1.29 is 43.0 Å². The molecule has 0 saturated carbocycles. The number of likely N-dealkylation sites (N-methyl/N-ethyl adjacent to an activating group) is 3. The molecule has 0 saturated heterocycles. The summed E-state index contributed by atoms with van der Waals surface area (Å²) in [5.74, 6) is 0.0638. The number of carbonyl (C=O) groups is 6. The number of hydrogen-bond donors (Lipinski definition) is 2. The van der Waals surface area contributed by atoms with Crippen LogP contribution >= 0.6 is 46.4 Å². The molecule has 2 aliphatic rings. The molecule has 2 aliphatic heterocycles. The number of benzene rings is 8. The number of rotatable bonds is 22. The van der Waals surface area contributed by atoms with E-state index in [2.05, 4.69) is 15.5 Å². The summed E-state index contributed by atoms with van der Waals surface area (Å²) in [6.45, 7) is 16.4. The molecule has 0 spiro atoms. The summed E-state index contributed by atoms with van der Waals surface area (Å²) in [4.78, 5) is 86.7. The van der Waals surface area contributed by atoms with E-state index >= 15 is 0 Å². The van der Waals surface area contributed by atoms with Crippen LogP contribution in [0.2, 0.25) is 20.1 Å². The number of halogens is 4. The Kier molecular flexibility index (Phi) is 27.6. The quantitative estimate of drug-likeness (QED) is 0.0614. The van der Waals surface area contributed by atoms with Gasteiger partial charge >= 0.3 is 0 Å². The average molecular weight is 1400 g/mol. The number of fused-ring (bicyclic) bond motifs is 2. The Morgan fingerprint density at radius 1 is 0.464 bits per heavy atom. The predicted octanol–water partition coefficient (Wildman–Crippen LogP) is 15.3. The molecule has 10 rings (SSSR count). The minimum absolute atomic E-state index is 0.0975. The molecule has 0 aromatic heterocycles. The number of anilines is 3. The third-order valence-electron chi connectivity index (χ3n) is 15.7. The molecule has 0 unspecified atom stereocenters. The Labute approximate surface area is 589 Å². The molecule has 0 radical (unpaired) electrons. The van der Waals surface area contributed by atoms with Gasteiger partial charge in [-0.05, 0) is 214 Å². The van der Waals surface area contributed by atoms with E-state index in [1.54, 1.807) is 72.6 Å². The molecule has 21 heteroatoms. The highest BCUT2D eigenvalue weighted by Gasteiger charge is 2.39. The molecule has 510 valence electrons. The van der Waals surface area contributed by atoms with Crippen LogP contribution in [-0.4, -0.2) is 155 Å². The average Bonchev–Trinajstić information content (AvgIpc) is 1.64. The SMILES string of the molecule is CCOc1cccc2c1C(=O)N(Cc1ccc(Cl)c(C)c1)C2=O.Cc1cc(CN2C(=O)c3cccc(OCCN(C)C)c3C2=O)ccc1Cl.Cc1cc(N(C)C(=O)c2c(C)cccc2OCCN(C)C)ccc1Cl.Cc1cc(NC(=O)c2ccccc2NCCN(C)C)ccc1Cl. The highest BCUT2D eigenvalue weighted by Crippen LogP contribution is 2.35. The minimum Gasteiger partial charge on any atom is -0.493 e. The zero-order valence-electron chi connectivity index (χ0n) is 57.2. The van der Waals surface area contributed by atoms with Crippen molar-refractivity contribution in [3.05, 3.63) is 244 Å². The van der Waals surface area contributed by atoms with Crippen molar-refractivity contribution in [2.24, 2.45) is 0 Å². The number of imide groups is 2. The Hall–Kier alpha value is -8.78. The van der Waals surface area contributed by atoms with E-state index in [4.69, 9.17) is 60.6 Å². The summed E-state index contributed by atoms with van der Waals surface area (Å²) < 4.78 is 17.1. The summed E-state index contributed by atoms with van der Waals surface area (Å²) in [6, 6.07) is 45.4. The van der Waals surface area contributed by atoms with Gasteiger partial charge in [-0.2, -0.15) is 0 Å². The van der Waals surface area contributed by atoms with Crippen molar-refractivity contribution in [2.75, 3.05) is 111 Å². The van der Waals surface area contributed by atoms with Gasteiger partial charge in [0.05, 0.1) is 53.1 Å². The third kappa shape index (κ3) is 20.2. The lowest BCUT2D eigenvalue weighted by molar-refractivity contribution is 0.0625. The minimum atomic E-state index is -0.321. The first-order chi connectivity index (χ1) is 46.2. The van der Waals surface area contributed by atoms with Gasteiger partial charge in [0.1, 0.15) is 30.5 Å². The maximum atomic E-state index is 13.1. The fourth-order valence-corrected chi connectivity index (χ4v) is 10.7. The Bertz CT molecular complexity index is 4160. The van der Waals surface area contributed by atoms with Gasteiger partial charge in [0.15, 0.2) is 0 Å². The van der Waals surface area contributed by atoms with E-state index in [0.717, 1.165) is 82.2 Å². The van der Waals surface area contributed by atoms with Crippen LogP contribution in [0.5, 0.6) is 17.2 Å². The zero-order chi connectivity index (χ0) is 70.8. The molecule has 8 aromatic rings. The fraction of sp³-hybridized carbons (Fsp3) is 0.289. The molecule has 2 N–H and O–H groups in total. The van der Waals surface area contributed by atoms with Crippen LogP contribution in [0.4, 0.5) is 17.1 Å². The molecular weight excluding hydrogens is 1310 g/mol. The fourth-order valence-electron chi connectivity index (χ4n) is 10.3. The number of hydrogen-bond acceptors (Lipinski definition) is 13. The van der Waals surface area contributed by atoms with Crippen molar-refractivity contribution in [1.82, 2.24) is 24.5 Å². The highest BCUT2D eigenvalue weighted by atomic mass is 35.5. The van der Waals surface area contributed by atoms with Crippen LogP contribution in [0.3, 0.4) is 0 Å². The van der Waals surface area contributed by atoms with Crippen molar-refractivity contribution in [2.45, 2.75) is 54.6 Å². The number of nitrogens with zero attached hydrogens (tertiary/aromatic N) is 6. The van der Waals surface area contributed by atoms with Crippen LogP contribution in [0, 0.1) is 34.6 Å². The van der Waals surface area contributed by atoms with Crippen LogP contribution in [-0.2, 0) is 13.1 Å². The highest BCUT2D eigenvalue weighted by molar-refractivity contribution is 6.32. The van der Waals surface area contributed by atoms with E-state index in [9.17, 15) is 28.8 Å². The molecule has 0 fully saturated rings. The van der Waals surface area contributed by atoms with Crippen molar-refractivity contribution in [3.63, 3.8) is 0 Å². The summed E-state index contributed by atoms with van der Waals surface area (Å²) in [5.41, 5.74) is 11.4. The predicted molar refractivity (Wildman–Crippen MR) is 391 cm³/mol. The maximum Gasteiger partial charge on any atom is 0.265 e. The molecule has 0 atom stereocenters. The van der Waals surface area contributed by atoms with Gasteiger partial charge in [-0.3, -0.25) is 38.6 Å². The maximum absolute atomic E-state index is 13.1. The third-order valence-corrected chi connectivity index (χ3v) is 17.4. The number of amides is 6. The van der Waals surface area contributed by atoms with Gasteiger partial charge in [-0.1, -0.05) is 107 Å². The van der Waals surface area contributed by atoms with Crippen molar-refractivity contribution in [3.8, 4) is 17.2 Å². The van der Waals surface area contributed by atoms with Gasteiger partial charge in [0.25, 0.3) is 35.4 Å². The lowest BCUT2D eigenvalue weighted by Crippen LogP contribution is -2.29. The number of ether oxygens (including phenoxy) is 3. The number of aryl methyl sites for hydroxylation is 5. The van der Waals surface area contributed by atoms with E-state index < -0.39 is 0 Å². The molecule has 0 aliphatic carbocycles. The first-order valence-electron chi connectivity index (χ1n) is 31.5. The largest absolute Gasteiger partial charge is 0.493 e. The van der Waals surface area contributed by atoms with E-state index in [0.29, 0.717) is 90.5 Å². The lowest BCUT2D eigenvalue weighted by atomic mass is 10.1. The van der Waals surface area contributed by atoms with E-state index in [1.165, 1.54) is 9.80 Å². The number of para-hydroxylation sites is 1. The summed E-state index contributed by atoms with van der Waals surface area (Å²) in [7, 11) is 13.7. The Morgan fingerprint density at radius 2 is 0.918 bits per heavy atom. The molecule has 8 aromatic carbocycles. The Morgan fingerprint density at radius 3 is 1.41 bits per heavy atom. The normalized spacial score (nSPS) is 12.1. The van der Waals surface area contributed by atoms with Gasteiger partial charge in [0.2, 0.25) is 0 Å². The van der Waals surface area contributed by atoms with Gasteiger partial charge < -0.3 is 44.4 Å². The molecule has 0 bridgehead atoms. The second-order valence-corrected chi connectivity index (χ2v) is 25.7. The van der Waals surface area contributed by atoms with Crippen LogP contribution in [0.15, 0.2) is 152 Å². The molecule has 6 amide bonds. The monoisotopic (exact) mass is 1390 g/mol. The molecule has 17 nitrogen and oxygen atoms in total. The van der Waals surface area contributed by atoms with Crippen LogP contribution < -0.4 is 29.7 Å². The van der Waals surface area contributed by atoms with Gasteiger partial charge in [-0.25, -0.2) is 0 Å².